The summed E-state index contributed by atoms with van der Waals surface area (Å²) >= 11 is 0. The highest BCUT2D eigenvalue weighted by Crippen LogP contribution is 2.31. The summed E-state index contributed by atoms with van der Waals surface area (Å²) in [4.78, 5) is 38.8. The van der Waals surface area contributed by atoms with Crippen LogP contribution in [-0.4, -0.2) is 31.3 Å². The van der Waals surface area contributed by atoms with Gasteiger partial charge in [-0.25, -0.2) is 9.97 Å². The van der Waals surface area contributed by atoms with Crippen LogP contribution in [0.15, 0.2) is 103 Å². The summed E-state index contributed by atoms with van der Waals surface area (Å²) in [6.07, 6.45) is 1.77. The van der Waals surface area contributed by atoms with E-state index in [4.69, 9.17) is 9.97 Å². The Hall–Kier alpha value is -5.63. The molecule has 0 aliphatic heterocycles. The van der Waals surface area contributed by atoms with E-state index in [0.717, 1.165) is 50.7 Å². The van der Waals surface area contributed by atoms with Gasteiger partial charge in [0.2, 0.25) is 5.91 Å². The molecular weight excluding hydrogens is 536 g/mol. The molecule has 0 fully saturated rings. The molecule has 0 radical (unpaired) electrons. The third kappa shape index (κ3) is 5.90. The van der Waals surface area contributed by atoms with Gasteiger partial charge in [-0.05, 0) is 80.1 Å². The van der Waals surface area contributed by atoms with Crippen LogP contribution in [-0.2, 0) is 11.3 Å². The summed E-state index contributed by atoms with van der Waals surface area (Å²) in [7, 11) is 0. The fraction of sp³-hybridized carbons (Fsp3) is 0.114. The maximum atomic E-state index is 12.7. The molecule has 8 heteroatoms. The lowest BCUT2D eigenvalue weighted by molar-refractivity contribution is -0.114. The van der Waals surface area contributed by atoms with E-state index in [1.165, 1.54) is 6.92 Å². The number of carbonyl (C=O) groups excluding carboxylic acids is 2. The minimum Gasteiger partial charge on any atom is -0.348 e. The highest BCUT2D eigenvalue weighted by atomic mass is 16.2. The van der Waals surface area contributed by atoms with Gasteiger partial charge in [-0.1, -0.05) is 42.0 Å². The van der Waals surface area contributed by atoms with Crippen LogP contribution >= 0.6 is 0 Å². The number of pyridine rings is 2. The molecule has 0 spiro atoms. The number of carbonyl (C=O) groups is 2. The highest BCUT2D eigenvalue weighted by molar-refractivity contribution is 5.94. The Morgan fingerprint density at radius 3 is 2.42 bits per heavy atom. The number of rotatable bonds is 7. The van der Waals surface area contributed by atoms with Crippen molar-refractivity contribution in [2.75, 3.05) is 5.32 Å². The van der Waals surface area contributed by atoms with Crippen molar-refractivity contribution in [2.24, 2.45) is 0 Å². The van der Waals surface area contributed by atoms with Gasteiger partial charge >= 0.3 is 0 Å². The summed E-state index contributed by atoms with van der Waals surface area (Å²) in [6, 6.07) is 31.0. The number of hydrogen-bond donors (Lipinski definition) is 2. The van der Waals surface area contributed by atoms with Crippen molar-refractivity contribution < 1.29 is 9.59 Å². The van der Waals surface area contributed by atoms with Crippen LogP contribution in [0, 0.1) is 13.8 Å². The van der Waals surface area contributed by atoms with Crippen LogP contribution in [0.4, 0.5) is 5.69 Å². The molecule has 2 amide bonds. The SMILES string of the molecule is CC(=O)Nc1cccc(-c2ccc3nc(-c4cccnc4C)n(-c4ccc(CNC(=O)c5cccc(C)c5)cc4)c3n2)c1. The quantitative estimate of drug-likeness (QED) is 0.225. The van der Waals surface area contributed by atoms with E-state index in [0.29, 0.717) is 23.4 Å². The Labute approximate surface area is 249 Å². The fourth-order valence-corrected chi connectivity index (χ4v) is 5.06. The zero-order chi connectivity index (χ0) is 29.9. The molecule has 43 heavy (non-hydrogen) atoms. The van der Waals surface area contributed by atoms with Gasteiger partial charge in [-0.15, -0.1) is 0 Å². The second kappa shape index (κ2) is 11.7. The predicted octanol–water partition coefficient (Wildman–Crippen LogP) is 6.65. The minimum absolute atomic E-state index is 0.109. The number of imidazole rings is 1. The van der Waals surface area contributed by atoms with Crippen LogP contribution in [0.3, 0.4) is 0 Å². The van der Waals surface area contributed by atoms with Gasteiger partial charge in [0.15, 0.2) is 5.65 Å². The lowest BCUT2D eigenvalue weighted by Gasteiger charge is -2.12. The Balaban J connectivity index is 1.38. The van der Waals surface area contributed by atoms with Gasteiger partial charge in [0.25, 0.3) is 5.91 Å². The van der Waals surface area contributed by atoms with Crippen LogP contribution in [0.1, 0.15) is 34.1 Å². The van der Waals surface area contributed by atoms with Gasteiger partial charge in [0, 0.05) is 53.4 Å². The summed E-state index contributed by atoms with van der Waals surface area (Å²) in [5.74, 6) is 0.494. The smallest absolute Gasteiger partial charge is 0.251 e. The maximum absolute atomic E-state index is 12.7. The third-order valence-electron chi connectivity index (χ3n) is 7.16. The lowest BCUT2D eigenvalue weighted by Crippen LogP contribution is -2.22. The normalized spacial score (nSPS) is 11.0. The maximum Gasteiger partial charge on any atom is 0.251 e. The standard InChI is InChI=1S/C35H30N6O2/c1-22-7-4-9-27(19-22)35(43)37-21-25-12-14-29(15-13-25)41-33(30-11-6-18-36-23(30)2)40-32-17-16-31(39-34(32)41)26-8-5-10-28(20-26)38-24(3)42/h4-20H,21H2,1-3H3,(H,37,43)(H,38,42). The van der Waals surface area contributed by atoms with Crippen molar-refractivity contribution in [1.29, 1.82) is 0 Å². The summed E-state index contributed by atoms with van der Waals surface area (Å²) in [6.45, 7) is 5.82. The molecule has 3 aromatic heterocycles. The Morgan fingerprint density at radius 2 is 1.65 bits per heavy atom. The molecule has 8 nitrogen and oxygen atoms in total. The zero-order valence-electron chi connectivity index (χ0n) is 24.1. The average molecular weight is 567 g/mol. The summed E-state index contributed by atoms with van der Waals surface area (Å²) in [5, 5.41) is 5.85. The molecule has 0 bridgehead atoms. The average Bonchev–Trinajstić information content (AvgIpc) is 3.38. The number of aryl methyl sites for hydroxylation is 2. The van der Waals surface area contributed by atoms with Crippen LogP contribution < -0.4 is 10.6 Å². The molecule has 3 heterocycles. The molecule has 0 atom stereocenters. The number of anilines is 1. The van der Waals surface area contributed by atoms with Crippen molar-refractivity contribution in [3.05, 3.63) is 126 Å². The molecule has 6 aromatic rings. The predicted molar refractivity (Wildman–Crippen MR) is 169 cm³/mol. The van der Waals surface area contributed by atoms with Crippen LogP contribution in [0.2, 0.25) is 0 Å². The number of amides is 2. The first-order valence-corrected chi connectivity index (χ1v) is 14.0. The van der Waals surface area contributed by atoms with E-state index in [-0.39, 0.29) is 11.8 Å². The second-order valence-corrected chi connectivity index (χ2v) is 10.4. The van der Waals surface area contributed by atoms with Crippen molar-refractivity contribution >= 4 is 28.7 Å². The molecule has 0 saturated carbocycles. The fourth-order valence-electron chi connectivity index (χ4n) is 5.06. The third-order valence-corrected chi connectivity index (χ3v) is 7.16. The first kappa shape index (κ1) is 27.5. The van der Waals surface area contributed by atoms with E-state index in [1.54, 1.807) is 6.20 Å². The molecule has 2 N–H and O–H groups in total. The molecule has 6 rings (SSSR count). The van der Waals surface area contributed by atoms with Crippen molar-refractivity contribution in [3.63, 3.8) is 0 Å². The number of nitrogens with one attached hydrogen (secondary N) is 2. The van der Waals surface area contributed by atoms with E-state index in [1.807, 2.05) is 115 Å². The molecule has 0 aliphatic rings. The van der Waals surface area contributed by atoms with E-state index in [2.05, 4.69) is 15.6 Å². The monoisotopic (exact) mass is 566 g/mol. The van der Waals surface area contributed by atoms with Gasteiger partial charge in [-0.2, -0.15) is 0 Å². The first-order valence-electron chi connectivity index (χ1n) is 14.0. The molecule has 3 aromatic carbocycles. The molecule has 0 aliphatic carbocycles. The van der Waals surface area contributed by atoms with Crippen molar-refractivity contribution in [3.8, 4) is 28.3 Å². The van der Waals surface area contributed by atoms with Gasteiger partial charge in [-0.3, -0.25) is 19.1 Å². The lowest BCUT2D eigenvalue weighted by atomic mass is 10.1. The number of fused-ring (bicyclic) bond motifs is 1. The molecule has 0 unspecified atom stereocenters. The van der Waals surface area contributed by atoms with Crippen LogP contribution in [0.25, 0.3) is 39.5 Å². The van der Waals surface area contributed by atoms with Crippen molar-refractivity contribution in [1.82, 2.24) is 24.8 Å². The number of benzene rings is 3. The minimum atomic E-state index is -0.131. The Bertz CT molecular complexity index is 1980. The second-order valence-electron chi connectivity index (χ2n) is 10.4. The van der Waals surface area contributed by atoms with E-state index < -0.39 is 0 Å². The summed E-state index contributed by atoms with van der Waals surface area (Å²) in [5.41, 5.74) is 9.08. The van der Waals surface area contributed by atoms with Gasteiger partial charge < -0.3 is 10.6 Å². The van der Waals surface area contributed by atoms with Crippen LogP contribution in [0.5, 0.6) is 0 Å². The highest BCUT2D eigenvalue weighted by Gasteiger charge is 2.18. The molecule has 212 valence electrons. The van der Waals surface area contributed by atoms with Gasteiger partial charge in [0.05, 0.1) is 5.69 Å². The van der Waals surface area contributed by atoms with E-state index >= 15 is 0 Å². The summed E-state index contributed by atoms with van der Waals surface area (Å²) < 4.78 is 2.04. The number of hydrogen-bond acceptors (Lipinski definition) is 5. The zero-order valence-corrected chi connectivity index (χ0v) is 24.1. The number of nitrogens with zero attached hydrogens (tertiary/aromatic N) is 4. The number of aromatic nitrogens is 4. The Morgan fingerprint density at radius 1 is 0.837 bits per heavy atom. The molecule has 0 saturated heterocycles. The van der Waals surface area contributed by atoms with Crippen molar-refractivity contribution in [2.45, 2.75) is 27.3 Å². The van der Waals surface area contributed by atoms with Gasteiger partial charge in [0.1, 0.15) is 11.3 Å². The largest absolute Gasteiger partial charge is 0.348 e. The van der Waals surface area contributed by atoms with E-state index in [9.17, 15) is 9.59 Å². The Kier molecular flexibility index (Phi) is 7.49. The first-order chi connectivity index (χ1) is 20.9. The topological polar surface area (TPSA) is 102 Å². The molecular formula is C35H30N6O2.